The first-order valence-electron chi connectivity index (χ1n) is 5.62. The Morgan fingerprint density at radius 2 is 2.00 bits per heavy atom. The maximum atomic E-state index is 12.0. The summed E-state index contributed by atoms with van der Waals surface area (Å²) in [6.07, 6.45) is 0. The van der Waals surface area contributed by atoms with Gasteiger partial charge in [0.15, 0.2) is 0 Å². The number of nitrogens with zero attached hydrogens (tertiary/aromatic N) is 1. The maximum Gasteiger partial charge on any atom is 0.228 e. The number of carbonyl (C=O) groups is 1. The summed E-state index contributed by atoms with van der Waals surface area (Å²) in [5, 5.41) is 9.22. The van der Waals surface area contributed by atoms with E-state index in [2.05, 4.69) is 13.0 Å². The van der Waals surface area contributed by atoms with Crippen LogP contribution in [0.25, 0.3) is 0 Å². The fourth-order valence-corrected chi connectivity index (χ4v) is 2.30. The highest BCUT2D eigenvalue weighted by molar-refractivity contribution is 5.80. The van der Waals surface area contributed by atoms with E-state index in [1.165, 1.54) is 10.5 Å². The summed E-state index contributed by atoms with van der Waals surface area (Å²) in [5.74, 6) is 0.169. The SMILES string of the molecule is C[C@@H]1C(=O)N(CO)Cc2ccccc2[C@@H]1C. The van der Waals surface area contributed by atoms with Crippen molar-refractivity contribution in [2.45, 2.75) is 26.3 Å². The molecule has 1 N–H and O–H groups in total. The van der Waals surface area contributed by atoms with Crippen LogP contribution in [-0.4, -0.2) is 22.6 Å². The Morgan fingerprint density at radius 3 is 2.69 bits per heavy atom. The Morgan fingerprint density at radius 1 is 1.31 bits per heavy atom. The first-order valence-corrected chi connectivity index (χ1v) is 5.62. The highest BCUT2D eigenvalue weighted by Gasteiger charge is 2.30. The van der Waals surface area contributed by atoms with Gasteiger partial charge in [0, 0.05) is 12.5 Å². The second-order valence-corrected chi connectivity index (χ2v) is 4.45. The van der Waals surface area contributed by atoms with E-state index in [0.29, 0.717) is 6.54 Å². The quantitative estimate of drug-likeness (QED) is 0.781. The van der Waals surface area contributed by atoms with Gasteiger partial charge in [-0.15, -0.1) is 0 Å². The van der Waals surface area contributed by atoms with Gasteiger partial charge in [-0.3, -0.25) is 4.79 Å². The molecule has 1 aromatic rings. The van der Waals surface area contributed by atoms with Crippen LogP contribution in [0, 0.1) is 5.92 Å². The summed E-state index contributed by atoms with van der Waals surface area (Å²) in [6.45, 7) is 4.31. The summed E-state index contributed by atoms with van der Waals surface area (Å²) in [7, 11) is 0. The summed E-state index contributed by atoms with van der Waals surface area (Å²) < 4.78 is 0. The predicted octanol–water partition coefficient (Wildman–Crippen LogP) is 1.72. The average molecular weight is 219 g/mol. The molecular formula is C13H17NO2. The van der Waals surface area contributed by atoms with Gasteiger partial charge >= 0.3 is 0 Å². The summed E-state index contributed by atoms with van der Waals surface area (Å²) >= 11 is 0. The molecule has 1 aliphatic heterocycles. The zero-order valence-electron chi connectivity index (χ0n) is 9.68. The monoisotopic (exact) mass is 219 g/mol. The molecule has 0 spiro atoms. The van der Waals surface area contributed by atoms with Crippen LogP contribution in [0.4, 0.5) is 0 Å². The maximum absolute atomic E-state index is 12.0. The molecule has 0 radical (unpaired) electrons. The Hall–Kier alpha value is -1.35. The van der Waals surface area contributed by atoms with E-state index in [-0.39, 0.29) is 24.5 Å². The van der Waals surface area contributed by atoms with Gasteiger partial charge in [-0.05, 0) is 17.0 Å². The molecule has 3 nitrogen and oxygen atoms in total. The minimum absolute atomic E-state index is 0.0335. The molecule has 0 saturated carbocycles. The van der Waals surface area contributed by atoms with Gasteiger partial charge in [-0.1, -0.05) is 38.1 Å². The number of fused-ring (bicyclic) bond motifs is 1. The van der Waals surface area contributed by atoms with Crippen LogP contribution in [0.15, 0.2) is 24.3 Å². The molecule has 0 aromatic heterocycles. The van der Waals surface area contributed by atoms with E-state index in [9.17, 15) is 9.90 Å². The Bertz CT molecular complexity index is 399. The standard InChI is InChI=1S/C13H17NO2/c1-9-10(2)13(16)14(8-15)7-11-5-3-4-6-12(9)11/h3-6,9-10,15H,7-8H2,1-2H3/t9-,10+/m1/s1. The highest BCUT2D eigenvalue weighted by Crippen LogP contribution is 2.32. The van der Waals surface area contributed by atoms with Crippen molar-refractivity contribution in [3.05, 3.63) is 35.4 Å². The molecule has 0 aliphatic carbocycles. The summed E-state index contributed by atoms with van der Waals surface area (Å²) in [6, 6.07) is 8.08. The van der Waals surface area contributed by atoms with Crippen molar-refractivity contribution in [3.8, 4) is 0 Å². The van der Waals surface area contributed by atoms with Crippen molar-refractivity contribution < 1.29 is 9.90 Å². The second kappa shape index (κ2) is 4.26. The van der Waals surface area contributed by atoms with E-state index < -0.39 is 0 Å². The smallest absolute Gasteiger partial charge is 0.228 e. The van der Waals surface area contributed by atoms with Crippen molar-refractivity contribution in [1.82, 2.24) is 4.90 Å². The van der Waals surface area contributed by atoms with Crippen LogP contribution in [-0.2, 0) is 11.3 Å². The van der Waals surface area contributed by atoms with Crippen molar-refractivity contribution >= 4 is 5.91 Å². The molecule has 1 aromatic carbocycles. The van der Waals surface area contributed by atoms with E-state index >= 15 is 0 Å². The first kappa shape index (κ1) is 11.1. The van der Waals surface area contributed by atoms with Crippen LogP contribution in [0.5, 0.6) is 0 Å². The third kappa shape index (κ3) is 1.71. The summed E-state index contributed by atoms with van der Waals surface area (Å²) in [5.41, 5.74) is 2.36. The van der Waals surface area contributed by atoms with Gasteiger partial charge in [0.05, 0.1) is 0 Å². The molecule has 3 heteroatoms. The molecule has 0 fully saturated rings. The lowest BCUT2D eigenvalue weighted by molar-refractivity contribution is -0.139. The second-order valence-electron chi connectivity index (χ2n) is 4.45. The van der Waals surface area contributed by atoms with Gasteiger partial charge in [-0.25, -0.2) is 0 Å². The number of carbonyl (C=O) groups excluding carboxylic acids is 1. The van der Waals surface area contributed by atoms with Gasteiger partial charge in [0.1, 0.15) is 6.73 Å². The molecule has 2 atom stereocenters. The predicted molar refractivity (Wildman–Crippen MR) is 61.7 cm³/mol. The van der Waals surface area contributed by atoms with Gasteiger partial charge in [-0.2, -0.15) is 0 Å². The summed E-state index contributed by atoms with van der Waals surface area (Å²) in [4.78, 5) is 13.5. The van der Waals surface area contributed by atoms with Crippen molar-refractivity contribution in [1.29, 1.82) is 0 Å². The lowest BCUT2D eigenvalue weighted by Crippen LogP contribution is -2.34. The lowest BCUT2D eigenvalue weighted by atomic mass is 9.87. The molecule has 0 unspecified atom stereocenters. The highest BCUT2D eigenvalue weighted by atomic mass is 16.3. The van der Waals surface area contributed by atoms with Crippen LogP contribution in [0.3, 0.4) is 0 Å². The third-order valence-corrected chi connectivity index (χ3v) is 3.53. The molecule has 1 heterocycles. The van der Waals surface area contributed by atoms with Crippen molar-refractivity contribution in [2.75, 3.05) is 6.73 Å². The molecule has 0 saturated heterocycles. The van der Waals surface area contributed by atoms with Crippen LogP contribution in [0.2, 0.25) is 0 Å². The Labute approximate surface area is 95.7 Å². The Kier molecular flexibility index (Phi) is 2.97. The number of aliphatic hydroxyl groups excluding tert-OH is 1. The van der Waals surface area contributed by atoms with Crippen LogP contribution >= 0.6 is 0 Å². The van der Waals surface area contributed by atoms with E-state index in [1.54, 1.807) is 0 Å². The largest absolute Gasteiger partial charge is 0.376 e. The molecule has 86 valence electrons. The van der Waals surface area contributed by atoms with Gasteiger partial charge < -0.3 is 10.0 Å². The number of rotatable bonds is 1. The average Bonchev–Trinajstić information content (AvgIpc) is 2.41. The Balaban J connectivity index is 2.46. The molecular weight excluding hydrogens is 202 g/mol. The van der Waals surface area contributed by atoms with E-state index in [0.717, 1.165) is 5.56 Å². The van der Waals surface area contributed by atoms with E-state index in [4.69, 9.17) is 0 Å². The number of benzene rings is 1. The van der Waals surface area contributed by atoms with Crippen LogP contribution in [0.1, 0.15) is 30.9 Å². The minimum Gasteiger partial charge on any atom is -0.376 e. The first-order chi connectivity index (χ1) is 7.65. The van der Waals surface area contributed by atoms with Crippen molar-refractivity contribution in [2.24, 2.45) is 5.92 Å². The van der Waals surface area contributed by atoms with E-state index in [1.807, 2.05) is 25.1 Å². The minimum atomic E-state index is -0.204. The number of hydrogen-bond donors (Lipinski definition) is 1. The molecule has 2 rings (SSSR count). The lowest BCUT2D eigenvalue weighted by Gasteiger charge is -2.21. The third-order valence-electron chi connectivity index (χ3n) is 3.53. The molecule has 0 bridgehead atoms. The fraction of sp³-hybridized carbons (Fsp3) is 0.462. The molecule has 1 aliphatic rings. The van der Waals surface area contributed by atoms with Crippen molar-refractivity contribution in [3.63, 3.8) is 0 Å². The topological polar surface area (TPSA) is 40.5 Å². The zero-order chi connectivity index (χ0) is 11.7. The van der Waals surface area contributed by atoms with Gasteiger partial charge in [0.25, 0.3) is 0 Å². The van der Waals surface area contributed by atoms with Gasteiger partial charge in [0.2, 0.25) is 5.91 Å². The molecule has 1 amide bonds. The number of amides is 1. The number of hydrogen-bond acceptors (Lipinski definition) is 2. The number of aliphatic hydroxyl groups is 1. The fourth-order valence-electron chi connectivity index (χ4n) is 2.30. The normalized spacial score (nSPS) is 25.2. The zero-order valence-corrected chi connectivity index (χ0v) is 9.68. The van der Waals surface area contributed by atoms with Crippen LogP contribution < -0.4 is 0 Å². The molecule has 16 heavy (non-hydrogen) atoms.